The van der Waals surface area contributed by atoms with Gasteiger partial charge < -0.3 is 20.9 Å². The molecular formula is C32H24N4O11S3. The molecule has 0 amide bonds. The third kappa shape index (κ3) is 7.34. The standard InChI is InChI=1S/C32H24N4O11S3/c33-20-5-1-18(2-6-20)31-32(19-3-7-21(34)8-4-19)36-26-15-22(9-12-25(26)35-31)46-27-13-10-23(16-29(27)49(40,41)42)47-28-14-11-24(48(37,38)39)17-30(28)50(43,44)45/h1-17H,33-34H2,(H,37,38,39)(H,40,41,42)(H,43,44,45). The molecule has 6 rings (SSSR count). The molecule has 0 aliphatic heterocycles. The zero-order valence-corrected chi connectivity index (χ0v) is 27.6. The highest BCUT2D eigenvalue weighted by molar-refractivity contribution is 7.86. The van der Waals surface area contributed by atoms with E-state index in [1.807, 2.05) is 12.1 Å². The topological polar surface area (TPSA) is 259 Å². The molecule has 256 valence electrons. The van der Waals surface area contributed by atoms with E-state index in [2.05, 4.69) is 0 Å². The normalized spacial score (nSPS) is 12.1. The number of anilines is 2. The lowest BCUT2D eigenvalue weighted by Gasteiger charge is -2.14. The molecule has 0 aliphatic carbocycles. The molecule has 0 spiro atoms. The second kappa shape index (κ2) is 12.7. The molecule has 18 heteroatoms. The highest BCUT2D eigenvalue weighted by Crippen LogP contribution is 2.38. The molecule has 5 aromatic carbocycles. The maximum Gasteiger partial charge on any atom is 0.298 e. The van der Waals surface area contributed by atoms with Crippen molar-refractivity contribution in [1.29, 1.82) is 0 Å². The SMILES string of the molecule is Nc1ccc(-c2nc3ccc(Oc4ccc(Oc5ccc(S(=O)(=O)O)cc5S(=O)(=O)O)cc4S(=O)(=O)O)cc3nc2-c2ccc(N)cc2)cc1. The van der Waals surface area contributed by atoms with Gasteiger partial charge in [0.05, 0.1) is 27.3 Å². The molecule has 0 fully saturated rings. The maximum atomic E-state index is 12.4. The van der Waals surface area contributed by atoms with Crippen LogP contribution in [-0.4, -0.2) is 48.9 Å². The summed E-state index contributed by atoms with van der Waals surface area (Å²) in [6, 6.07) is 23.8. The van der Waals surface area contributed by atoms with Crippen LogP contribution in [-0.2, 0) is 30.4 Å². The highest BCUT2D eigenvalue weighted by atomic mass is 32.2. The first-order chi connectivity index (χ1) is 23.5. The van der Waals surface area contributed by atoms with Crippen molar-refractivity contribution in [3.05, 3.63) is 103 Å². The maximum absolute atomic E-state index is 12.4. The van der Waals surface area contributed by atoms with Crippen molar-refractivity contribution in [2.24, 2.45) is 0 Å². The van der Waals surface area contributed by atoms with Gasteiger partial charge in [0.25, 0.3) is 30.4 Å². The summed E-state index contributed by atoms with van der Waals surface area (Å²) in [4.78, 5) is 6.96. The van der Waals surface area contributed by atoms with Gasteiger partial charge in [0.1, 0.15) is 32.8 Å². The molecule has 0 bridgehead atoms. The summed E-state index contributed by atoms with van der Waals surface area (Å²) in [6.45, 7) is 0. The van der Waals surface area contributed by atoms with E-state index in [-0.39, 0.29) is 17.2 Å². The van der Waals surface area contributed by atoms with Crippen LogP contribution in [0.25, 0.3) is 33.5 Å². The van der Waals surface area contributed by atoms with E-state index in [1.165, 1.54) is 12.1 Å². The van der Waals surface area contributed by atoms with Crippen LogP contribution in [0, 0.1) is 0 Å². The minimum Gasteiger partial charge on any atom is -0.456 e. The lowest BCUT2D eigenvalue weighted by Crippen LogP contribution is -2.06. The van der Waals surface area contributed by atoms with Crippen LogP contribution < -0.4 is 20.9 Å². The molecular weight excluding hydrogens is 713 g/mol. The number of hydrogen-bond donors (Lipinski definition) is 5. The summed E-state index contributed by atoms with van der Waals surface area (Å²) in [6.07, 6.45) is 0. The molecule has 50 heavy (non-hydrogen) atoms. The van der Waals surface area contributed by atoms with E-state index in [4.69, 9.17) is 30.9 Å². The molecule has 0 aliphatic rings. The van der Waals surface area contributed by atoms with Crippen molar-refractivity contribution in [3.63, 3.8) is 0 Å². The van der Waals surface area contributed by atoms with Crippen LogP contribution in [0.1, 0.15) is 0 Å². The summed E-state index contributed by atoms with van der Waals surface area (Å²) >= 11 is 0. The fraction of sp³-hybridized carbons (Fsp3) is 0. The van der Waals surface area contributed by atoms with Crippen molar-refractivity contribution in [1.82, 2.24) is 9.97 Å². The van der Waals surface area contributed by atoms with Crippen molar-refractivity contribution < 1.29 is 48.4 Å². The van der Waals surface area contributed by atoms with Crippen molar-refractivity contribution in [3.8, 4) is 45.5 Å². The first-order valence-electron chi connectivity index (χ1n) is 14.1. The number of ether oxygens (including phenoxy) is 2. The number of fused-ring (bicyclic) bond motifs is 1. The average Bonchev–Trinajstić information content (AvgIpc) is 3.04. The molecule has 7 N–H and O–H groups in total. The molecule has 15 nitrogen and oxygen atoms in total. The second-order valence-corrected chi connectivity index (χ2v) is 14.9. The molecule has 0 radical (unpaired) electrons. The van der Waals surface area contributed by atoms with Crippen LogP contribution in [0.5, 0.6) is 23.0 Å². The zero-order chi connectivity index (χ0) is 36.0. The number of nitrogens with zero attached hydrogens (tertiary/aromatic N) is 2. The summed E-state index contributed by atoms with van der Waals surface area (Å²) < 4.78 is 112. The summed E-state index contributed by atoms with van der Waals surface area (Å²) in [7, 11) is -15.0. The Labute approximate surface area is 285 Å². The van der Waals surface area contributed by atoms with Gasteiger partial charge in [0.2, 0.25) is 0 Å². The van der Waals surface area contributed by atoms with E-state index in [9.17, 15) is 38.9 Å². The fourth-order valence-electron chi connectivity index (χ4n) is 4.81. The van der Waals surface area contributed by atoms with Crippen molar-refractivity contribution in [2.75, 3.05) is 11.5 Å². The van der Waals surface area contributed by atoms with Gasteiger partial charge in [-0.15, -0.1) is 0 Å². The Balaban J connectivity index is 1.39. The smallest absolute Gasteiger partial charge is 0.298 e. The van der Waals surface area contributed by atoms with Gasteiger partial charge in [-0.2, -0.15) is 25.3 Å². The summed E-state index contributed by atoms with van der Waals surface area (Å²) in [5, 5.41) is 0. The Bertz CT molecular complexity index is 2630. The third-order valence-electron chi connectivity index (χ3n) is 7.14. The molecule has 1 heterocycles. The average molecular weight is 737 g/mol. The fourth-order valence-corrected chi connectivity index (χ4v) is 6.66. The Morgan fingerprint density at radius 3 is 1.42 bits per heavy atom. The van der Waals surface area contributed by atoms with E-state index < -0.39 is 50.8 Å². The molecule has 0 saturated carbocycles. The number of hydrogen-bond acceptors (Lipinski definition) is 12. The number of nitrogen functional groups attached to an aromatic ring is 2. The number of benzene rings is 5. The van der Waals surface area contributed by atoms with Gasteiger partial charge in [-0.05, 0) is 66.7 Å². The molecule has 6 aromatic rings. The Kier molecular flexibility index (Phi) is 8.68. The monoisotopic (exact) mass is 736 g/mol. The van der Waals surface area contributed by atoms with E-state index >= 15 is 0 Å². The van der Waals surface area contributed by atoms with Gasteiger partial charge in [-0.3, -0.25) is 13.7 Å². The molecule has 0 unspecified atom stereocenters. The minimum absolute atomic E-state index is 0.100. The zero-order valence-electron chi connectivity index (χ0n) is 25.2. The van der Waals surface area contributed by atoms with Gasteiger partial charge in [0.15, 0.2) is 0 Å². The number of rotatable bonds is 9. The predicted molar refractivity (Wildman–Crippen MR) is 182 cm³/mol. The lowest BCUT2D eigenvalue weighted by molar-refractivity contribution is 0.433. The van der Waals surface area contributed by atoms with E-state index in [0.29, 0.717) is 45.4 Å². The summed E-state index contributed by atoms with van der Waals surface area (Å²) in [5.74, 6) is -1.25. The van der Waals surface area contributed by atoms with Gasteiger partial charge in [-0.25, -0.2) is 9.97 Å². The summed E-state index contributed by atoms with van der Waals surface area (Å²) in [5.41, 5.74) is 16.3. The lowest BCUT2D eigenvalue weighted by atomic mass is 10.0. The predicted octanol–water partition coefficient (Wildman–Crippen LogP) is 5.45. The first-order valence-corrected chi connectivity index (χ1v) is 18.4. The van der Waals surface area contributed by atoms with Crippen molar-refractivity contribution >= 4 is 52.8 Å². The Morgan fingerprint density at radius 1 is 0.480 bits per heavy atom. The number of aromatic nitrogens is 2. The third-order valence-corrected chi connectivity index (χ3v) is 9.74. The Hall–Kier alpha value is -5.63. The molecule has 1 aromatic heterocycles. The van der Waals surface area contributed by atoms with Crippen molar-refractivity contribution in [2.45, 2.75) is 14.7 Å². The van der Waals surface area contributed by atoms with E-state index in [0.717, 1.165) is 35.9 Å². The van der Waals surface area contributed by atoms with Gasteiger partial charge in [0, 0.05) is 34.6 Å². The van der Waals surface area contributed by atoms with Gasteiger partial charge >= 0.3 is 0 Å². The van der Waals surface area contributed by atoms with Crippen LogP contribution in [0.4, 0.5) is 11.4 Å². The largest absolute Gasteiger partial charge is 0.456 e. The quantitative estimate of drug-likeness (QED) is 0.0912. The van der Waals surface area contributed by atoms with Crippen LogP contribution in [0.2, 0.25) is 0 Å². The minimum atomic E-state index is -5.10. The van der Waals surface area contributed by atoms with E-state index in [1.54, 1.807) is 42.5 Å². The highest BCUT2D eigenvalue weighted by Gasteiger charge is 2.24. The van der Waals surface area contributed by atoms with Crippen LogP contribution in [0.15, 0.2) is 118 Å². The second-order valence-electron chi connectivity index (χ2n) is 10.7. The number of nitrogens with two attached hydrogens (primary N) is 2. The van der Waals surface area contributed by atoms with Gasteiger partial charge in [-0.1, -0.05) is 24.3 Å². The van der Waals surface area contributed by atoms with Crippen LogP contribution >= 0.6 is 0 Å². The first kappa shape index (κ1) is 34.2. The van der Waals surface area contributed by atoms with Crippen LogP contribution in [0.3, 0.4) is 0 Å². The molecule has 0 saturated heterocycles. The Morgan fingerprint density at radius 2 is 0.920 bits per heavy atom. The molecule has 0 atom stereocenters.